The summed E-state index contributed by atoms with van der Waals surface area (Å²) in [5, 5.41) is 0. The second-order valence-electron chi connectivity index (χ2n) is 3.80. The van der Waals surface area contributed by atoms with Gasteiger partial charge in [-0.1, -0.05) is 60.7 Å². The van der Waals surface area contributed by atoms with Gasteiger partial charge in [0.05, 0.1) is 13.2 Å². The summed E-state index contributed by atoms with van der Waals surface area (Å²) in [7, 11) is -2.43. The van der Waals surface area contributed by atoms with Crippen LogP contribution in [0.5, 0.6) is 0 Å². The Labute approximate surface area is 131 Å². The maximum absolute atomic E-state index is 11.5. The van der Waals surface area contributed by atoms with Crippen LogP contribution in [0.25, 0.3) is 0 Å². The van der Waals surface area contributed by atoms with E-state index in [0.29, 0.717) is 13.2 Å². The SMILES string of the molecule is O=[PH](OCc1ccccc1)OCc1ccccc1.[O]=[Ag]. The van der Waals surface area contributed by atoms with Gasteiger partial charge in [0.1, 0.15) is 0 Å². The van der Waals surface area contributed by atoms with Crippen molar-refractivity contribution in [2.75, 3.05) is 0 Å². The van der Waals surface area contributed by atoms with Gasteiger partial charge in [-0.25, -0.2) is 0 Å². The molecule has 0 fully saturated rings. The van der Waals surface area contributed by atoms with Gasteiger partial charge in [-0.05, 0) is 11.1 Å². The number of benzene rings is 2. The van der Waals surface area contributed by atoms with Crippen molar-refractivity contribution in [1.29, 1.82) is 0 Å². The van der Waals surface area contributed by atoms with Gasteiger partial charge < -0.3 is 9.05 Å². The third-order valence-corrected chi connectivity index (χ3v) is 3.16. The molecule has 0 aliphatic rings. The molecule has 2 aromatic rings. The second kappa shape index (κ2) is 10.9. The van der Waals surface area contributed by atoms with Crippen LogP contribution in [0.1, 0.15) is 11.1 Å². The maximum atomic E-state index is 11.5. The molecule has 4 nitrogen and oxygen atoms in total. The minimum atomic E-state index is -2.43. The Morgan fingerprint density at radius 2 is 1.10 bits per heavy atom. The summed E-state index contributed by atoms with van der Waals surface area (Å²) in [4.78, 5) is 0. The van der Waals surface area contributed by atoms with Gasteiger partial charge in [0.15, 0.2) is 0 Å². The standard InChI is InChI=1S/C14H15O3P.Ag.O/c15-18(16-11-13-7-3-1-4-8-13)17-12-14-9-5-2-6-10-14;;/h1-10,18H,11-12H2;;. The zero-order chi connectivity index (χ0) is 14.6. The first-order valence-electron chi connectivity index (χ1n) is 5.84. The summed E-state index contributed by atoms with van der Waals surface area (Å²) in [5.41, 5.74) is 1.97. The Bertz CT molecular complexity index is 462. The van der Waals surface area contributed by atoms with Crippen LogP contribution < -0.4 is 0 Å². The Balaban J connectivity index is 0.000000956. The molecular formula is C14H15AgO4P. The summed E-state index contributed by atoms with van der Waals surface area (Å²) in [6.45, 7) is 0.626. The van der Waals surface area contributed by atoms with Gasteiger partial charge in [-0.15, -0.1) is 0 Å². The first-order valence-corrected chi connectivity index (χ1v) is 7.67. The normalized spacial score (nSPS) is 9.95. The molecule has 0 bridgehead atoms. The topological polar surface area (TPSA) is 52.6 Å². The molecule has 2 aromatic carbocycles. The second-order valence-corrected chi connectivity index (χ2v) is 4.88. The van der Waals surface area contributed by atoms with Crippen molar-refractivity contribution < 1.29 is 37.9 Å². The van der Waals surface area contributed by atoms with Crippen LogP contribution in [0.4, 0.5) is 0 Å². The van der Waals surface area contributed by atoms with E-state index in [1.54, 1.807) is 21.0 Å². The van der Waals surface area contributed by atoms with Gasteiger partial charge in [0, 0.05) is 0 Å². The Morgan fingerprint density at radius 3 is 1.45 bits per heavy atom. The van der Waals surface area contributed by atoms with Crippen LogP contribution in [0.2, 0.25) is 0 Å². The zero-order valence-electron chi connectivity index (χ0n) is 10.6. The predicted octanol–water partition coefficient (Wildman–Crippen LogP) is 3.69. The zero-order valence-corrected chi connectivity index (χ0v) is 13.1. The molecule has 0 spiro atoms. The molecule has 6 heteroatoms. The predicted molar refractivity (Wildman–Crippen MR) is 72.2 cm³/mol. The van der Waals surface area contributed by atoms with Gasteiger partial charge in [-0.3, -0.25) is 4.57 Å². The molecule has 0 saturated carbocycles. The van der Waals surface area contributed by atoms with E-state index in [-0.39, 0.29) is 0 Å². The van der Waals surface area contributed by atoms with Crippen LogP contribution in [-0.2, 0) is 51.1 Å². The van der Waals surface area contributed by atoms with Crippen LogP contribution >= 0.6 is 8.25 Å². The Hall–Kier alpha value is -0.870. The molecule has 0 amide bonds. The van der Waals surface area contributed by atoms with Crippen LogP contribution in [0.15, 0.2) is 60.7 Å². The van der Waals surface area contributed by atoms with E-state index in [1.807, 2.05) is 60.7 Å². The third kappa shape index (κ3) is 7.06. The summed E-state index contributed by atoms with van der Waals surface area (Å²) in [5.74, 6) is 0. The van der Waals surface area contributed by atoms with Crippen molar-refractivity contribution in [2.24, 2.45) is 0 Å². The van der Waals surface area contributed by atoms with E-state index in [2.05, 4.69) is 0 Å². The fraction of sp³-hybridized carbons (Fsp3) is 0.143. The van der Waals surface area contributed by atoms with E-state index >= 15 is 0 Å². The van der Waals surface area contributed by atoms with Crippen molar-refractivity contribution in [3.05, 3.63) is 71.8 Å². The molecule has 0 aromatic heterocycles. The average Bonchev–Trinajstić information content (AvgIpc) is 2.55. The molecule has 0 saturated heterocycles. The van der Waals surface area contributed by atoms with Crippen molar-refractivity contribution in [2.45, 2.75) is 13.2 Å². The fourth-order valence-corrected chi connectivity index (χ4v) is 2.13. The Morgan fingerprint density at radius 1 is 0.750 bits per heavy atom. The average molecular weight is 386 g/mol. The molecule has 0 heterocycles. The van der Waals surface area contributed by atoms with Gasteiger partial charge >= 0.3 is 32.5 Å². The van der Waals surface area contributed by atoms with Crippen molar-refractivity contribution in [3.63, 3.8) is 0 Å². The van der Waals surface area contributed by atoms with Gasteiger partial charge in [0.2, 0.25) is 0 Å². The molecule has 0 atom stereocenters. The van der Waals surface area contributed by atoms with Gasteiger partial charge in [-0.2, -0.15) is 0 Å². The van der Waals surface area contributed by atoms with E-state index in [9.17, 15) is 4.57 Å². The molecule has 0 aliphatic carbocycles. The van der Waals surface area contributed by atoms with E-state index < -0.39 is 8.25 Å². The van der Waals surface area contributed by atoms with E-state index in [0.717, 1.165) is 11.1 Å². The molecule has 0 radical (unpaired) electrons. The van der Waals surface area contributed by atoms with Crippen molar-refractivity contribution in [1.82, 2.24) is 0 Å². The Kier molecular flexibility index (Phi) is 9.33. The molecular weight excluding hydrogens is 371 g/mol. The molecule has 111 valence electrons. The van der Waals surface area contributed by atoms with E-state index in [4.69, 9.17) is 12.3 Å². The first-order chi connectivity index (χ1) is 9.84. The molecule has 0 N–H and O–H groups in total. The number of rotatable bonds is 6. The van der Waals surface area contributed by atoms with Crippen molar-refractivity contribution in [3.8, 4) is 0 Å². The summed E-state index contributed by atoms with van der Waals surface area (Å²) < 4.78 is 29.9. The summed E-state index contributed by atoms with van der Waals surface area (Å²) in [6, 6.07) is 19.2. The summed E-state index contributed by atoms with van der Waals surface area (Å²) in [6.07, 6.45) is 0. The number of hydrogen-bond acceptors (Lipinski definition) is 4. The third-order valence-electron chi connectivity index (χ3n) is 2.40. The van der Waals surface area contributed by atoms with Crippen LogP contribution in [0, 0.1) is 0 Å². The van der Waals surface area contributed by atoms with E-state index in [1.165, 1.54) is 0 Å². The fourth-order valence-electron chi connectivity index (χ4n) is 1.47. The molecule has 0 aliphatic heterocycles. The summed E-state index contributed by atoms with van der Waals surface area (Å²) >= 11 is 1.70. The monoisotopic (exact) mass is 385 g/mol. The molecule has 0 unspecified atom stereocenters. The van der Waals surface area contributed by atoms with Crippen molar-refractivity contribution >= 4 is 8.25 Å². The first kappa shape index (κ1) is 17.2. The minimum absolute atomic E-state index is 0.313. The van der Waals surface area contributed by atoms with Crippen LogP contribution in [-0.4, -0.2) is 0 Å². The quantitative estimate of drug-likeness (QED) is 0.562. The molecule has 2 rings (SSSR count). The number of hydrogen-bond donors (Lipinski definition) is 0. The molecule has 20 heavy (non-hydrogen) atoms. The van der Waals surface area contributed by atoms with Crippen LogP contribution in [0.3, 0.4) is 0 Å². The van der Waals surface area contributed by atoms with Gasteiger partial charge in [0.25, 0.3) is 0 Å².